The Kier molecular flexibility index (Phi) is 6.22. The van der Waals surface area contributed by atoms with Crippen LogP contribution in [-0.4, -0.2) is 29.1 Å². The van der Waals surface area contributed by atoms with Gasteiger partial charge in [0.05, 0.1) is 18.2 Å². The van der Waals surface area contributed by atoms with E-state index in [0.29, 0.717) is 28.4 Å². The van der Waals surface area contributed by atoms with Gasteiger partial charge in [-0.2, -0.15) is 4.98 Å². The van der Waals surface area contributed by atoms with Crippen LogP contribution in [0.5, 0.6) is 5.75 Å². The van der Waals surface area contributed by atoms with Crippen molar-refractivity contribution < 1.29 is 23.6 Å². The molecule has 32 heavy (non-hydrogen) atoms. The maximum absolute atomic E-state index is 12.8. The monoisotopic (exact) mass is 429 g/mol. The molecule has 0 radical (unpaired) electrons. The Balaban J connectivity index is 1.46. The summed E-state index contributed by atoms with van der Waals surface area (Å²) >= 11 is 0. The summed E-state index contributed by atoms with van der Waals surface area (Å²) in [7, 11) is 1.30. The average molecular weight is 429 g/mol. The molecule has 0 atom stereocenters. The Bertz CT molecular complexity index is 1240. The van der Waals surface area contributed by atoms with E-state index in [2.05, 4.69) is 15.5 Å². The van der Waals surface area contributed by atoms with Crippen LogP contribution < -0.4 is 10.1 Å². The zero-order valence-corrected chi connectivity index (χ0v) is 17.1. The maximum atomic E-state index is 12.8. The summed E-state index contributed by atoms with van der Waals surface area (Å²) in [6.07, 6.45) is 0. The molecule has 0 fully saturated rings. The molecule has 1 amide bonds. The Morgan fingerprint density at radius 1 is 0.969 bits per heavy atom. The van der Waals surface area contributed by atoms with Gasteiger partial charge < -0.3 is 19.3 Å². The quantitative estimate of drug-likeness (QED) is 0.436. The number of benzene rings is 3. The lowest BCUT2D eigenvalue weighted by atomic mass is 10.1. The molecule has 1 heterocycles. The summed E-state index contributed by atoms with van der Waals surface area (Å²) in [6.45, 7) is 0.00194. The van der Waals surface area contributed by atoms with Crippen molar-refractivity contribution in [2.45, 2.75) is 6.61 Å². The van der Waals surface area contributed by atoms with E-state index in [-0.39, 0.29) is 12.5 Å². The summed E-state index contributed by atoms with van der Waals surface area (Å²) in [5, 5.41) is 6.72. The Morgan fingerprint density at radius 2 is 1.75 bits per heavy atom. The van der Waals surface area contributed by atoms with Crippen molar-refractivity contribution in [1.29, 1.82) is 0 Å². The molecule has 8 heteroatoms. The summed E-state index contributed by atoms with van der Waals surface area (Å²) in [5.41, 5.74) is 1.94. The first kappa shape index (κ1) is 20.8. The minimum Gasteiger partial charge on any atom is -0.483 e. The number of ether oxygens (including phenoxy) is 2. The highest BCUT2D eigenvalue weighted by molar-refractivity contribution is 6.06. The summed E-state index contributed by atoms with van der Waals surface area (Å²) in [5.74, 6) is 0.219. The first-order valence-corrected chi connectivity index (χ1v) is 9.73. The highest BCUT2D eigenvalue weighted by Crippen LogP contribution is 2.22. The minimum atomic E-state index is -0.487. The molecule has 8 nitrogen and oxygen atoms in total. The molecule has 1 aromatic heterocycles. The number of nitrogens with zero attached hydrogens (tertiary/aromatic N) is 2. The number of hydrogen-bond donors (Lipinski definition) is 1. The van der Waals surface area contributed by atoms with Gasteiger partial charge >= 0.3 is 5.97 Å². The largest absolute Gasteiger partial charge is 0.483 e. The number of hydrogen-bond acceptors (Lipinski definition) is 7. The number of nitrogens with one attached hydrogen (secondary N) is 1. The van der Waals surface area contributed by atoms with Crippen molar-refractivity contribution in [3.63, 3.8) is 0 Å². The molecule has 4 rings (SSSR count). The number of para-hydroxylation sites is 1. The van der Waals surface area contributed by atoms with Crippen LogP contribution in [0.25, 0.3) is 11.4 Å². The van der Waals surface area contributed by atoms with Crippen molar-refractivity contribution >= 4 is 17.6 Å². The van der Waals surface area contributed by atoms with E-state index in [0.717, 1.165) is 5.56 Å². The Hall–Kier alpha value is -4.46. The second-order valence-corrected chi connectivity index (χ2v) is 6.69. The molecule has 0 spiro atoms. The Morgan fingerprint density at radius 3 is 2.56 bits per heavy atom. The number of amides is 1. The van der Waals surface area contributed by atoms with Gasteiger partial charge in [-0.15, -0.1) is 0 Å². The summed E-state index contributed by atoms with van der Waals surface area (Å²) < 4.78 is 15.7. The minimum absolute atomic E-state index is 0.00194. The van der Waals surface area contributed by atoms with Crippen LogP contribution in [0.15, 0.2) is 83.4 Å². The van der Waals surface area contributed by atoms with Gasteiger partial charge in [-0.1, -0.05) is 53.7 Å². The van der Waals surface area contributed by atoms with Crippen molar-refractivity contribution in [2.24, 2.45) is 0 Å². The zero-order chi connectivity index (χ0) is 22.3. The van der Waals surface area contributed by atoms with Crippen LogP contribution >= 0.6 is 0 Å². The molecule has 0 aliphatic heterocycles. The van der Waals surface area contributed by atoms with Crippen molar-refractivity contribution in [3.8, 4) is 17.1 Å². The Labute approximate surface area is 183 Å². The predicted octanol–water partition coefficient (Wildman–Crippen LogP) is 4.35. The third kappa shape index (κ3) is 4.81. The van der Waals surface area contributed by atoms with Crippen LogP contribution in [0.4, 0.5) is 5.69 Å². The smallest absolute Gasteiger partial charge is 0.337 e. The number of rotatable bonds is 7. The predicted molar refractivity (Wildman–Crippen MR) is 116 cm³/mol. The van der Waals surface area contributed by atoms with E-state index in [1.807, 2.05) is 30.3 Å². The third-order valence-electron chi connectivity index (χ3n) is 4.52. The third-order valence-corrected chi connectivity index (χ3v) is 4.52. The first-order chi connectivity index (χ1) is 15.6. The zero-order valence-electron chi connectivity index (χ0n) is 17.1. The van der Waals surface area contributed by atoms with Crippen LogP contribution in [-0.2, 0) is 11.3 Å². The van der Waals surface area contributed by atoms with Crippen LogP contribution in [0.1, 0.15) is 26.6 Å². The molecule has 0 bridgehead atoms. The lowest BCUT2D eigenvalue weighted by Gasteiger charge is -2.11. The lowest BCUT2D eigenvalue weighted by Crippen LogP contribution is -2.14. The SMILES string of the molecule is COC(=O)c1cccc(NC(=O)c2ccccc2OCc2nc(-c3ccccc3)no2)c1. The fourth-order valence-electron chi connectivity index (χ4n) is 2.98. The number of methoxy groups -OCH3 is 1. The van der Waals surface area contributed by atoms with E-state index >= 15 is 0 Å². The summed E-state index contributed by atoms with van der Waals surface area (Å²) in [4.78, 5) is 28.9. The average Bonchev–Trinajstić information content (AvgIpc) is 3.32. The van der Waals surface area contributed by atoms with E-state index in [1.165, 1.54) is 13.2 Å². The molecule has 0 aliphatic carbocycles. The number of esters is 1. The van der Waals surface area contributed by atoms with Gasteiger partial charge in [-0.3, -0.25) is 4.79 Å². The van der Waals surface area contributed by atoms with Crippen molar-refractivity contribution in [2.75, 3.05) is 12.4 Å². The fourth-order valence-corrected chi connectivity index (χ4v) is 2.98. The second-order valence-electron chi connectivity index (χ2n) is 6.69. The normalized spacial score (nSPS) is 10.4. The van der Waals surface area contributed by atoms with Gasteiger partial charge in [0.25, 0.3) is 11.8 Å². The molecule has 3 aromatic carbocycles. The standard InChI is InChI=1S/C24H19N3O5/c1-30-24(29)17-10-7-11-18(14-17)25-23(28)19-12-5-6-13-20(19)31-15-21-26-22(27-32-21)16-8-3-2-4-9-16/h2-14H,15H2,1H3,(H,25,28). The topological polar surface area (TPSA) is 104 Å². The molecular formula is C24H19N3O5. The van der Waals surface area contributed by atoms with E-state index < -0.39 is 11.9 Å². The highest BCUT2D eigenvalue weighted by atomic mass is 16.5. The van der Waals surface area contributed by atoms with Gasteiger partial charge in [0.1, 0.15) is 5.75 Å². The molecule has 0 saturated heterocycles. The molecule has 0 saturated carbocycles. The van der Waals surface area contributed by atoms with Crippen LogP contribution in [0.2, 0.25) is 0 Å². The summed E-state index contributed by atoms with van der Waals surface area (Å²) in [6, 6.07) is 22.7. The number of carbonyl (C=O) groups is 2. The van der Waals surface area contributed by atoms with Crippen LogP contribution in [0.3, 0.4) is 0 Å². The molecule has 1 N–H and O–H groups in total. The first-order valence-electron chi connectivity index (χ1n) is 9.73. The number of anilines is 1. The van der Waals surface area contributed by atoms with Gasteiger partial charge in [-0.25, -0.2) is 4.79 Å². The maximum Gasteiger partial charge on any atom is 0.337 e. The molecule has 0 aliphatic rings. The highest BCUT2D eigenvalue weighted by Gasteiger charge is 2.15. The molecular weight excluding hydrogens is 410 g/mol. The lowest BCUT2D eigenvalue weighted by molar-refractivity contribution is 0.0600. The van der Waals surface area contributed by atoms with Crippen molar-refractivity contribution in [3.05, 3.63) is 95.9 Å². The molecule has 0 unspecified atom stereocenters. The van der Waals surface area contributed by atoms with Crippen molar-refractivity contribution in [1.82, 2.24) is 10.1 Å². The van der Waals surface area contributed by atoms with E-state index in [9.17, 15) is 9.59 Å². The number of aromatic nitrogens is 2. The molecule has 160 valence electrons. The second kappa shape index (κ2) is 9.57. The van der Waals surface area contributed by atoms with Gasteiger partial charge in [0.15, 0.2) is 6.61 Å². The van der Waals surface area contributed by atoms with E-state index in [1.54, 1.807) is 42.5 Å². The fraction of sp³-hybridized carbons (Fsp3) is 0.0833. The van der Waals surface area contributed by atoms with E-state index in [4.69, 9.17) is 14.0 Å². The number of carbonyl (C=O) groups excluding carboxylic acids is 2. The van der Waals surface area contributed by atoms with Gasteiger partial charge in [0, 0.05) is 11.3 Å². The van der Waals surface area contributed by atoms with Crippen LogP contribution in [0, 0.1) is 0 Å². The van der Waals surface area contributed by atoms with Gasteiger partial charge in [0.2, 0.25) is 5.82 Å². The van der Waals surface area contributed by atoms with Gasteiger partial charge in [-0.05, 0) is 30.3 Å². The molecule has 4 aromatic rings.